The first kappa shape index (κ1) is 16.5. The summed E-state index contributed by atoms with van der Waals surface area (Å²) in [7, 11) is 2.13. The van der Waals surface area contributed by atoms with Gasteiger partial charge in [-0.15, -0.1) is 0 Å². The topological polar surface area (TPSA) is 29.3 Å². The minimum atomic E-state index is -0.221. The summed E-state index contributed by atoms with van der Waals surface area (Å²) in [4.78, 5) is 2.32. The van der Waals surface area contributed by atoms with Gasteiger partial charge in [0, 0.05) is 23.1 Å². The average molecular weight is 283 g/mol. The smallest absolute Gasteiger partial charge is 0.0453 e. The maximum atomic E-state index is 6.28. The van der Waals surface area contributed by atoms with Gasteiger partial charge in [0.25, 0.3) is 0 Å². The number of hydrogen-bond acceptors (Lipinski definition) is 2. The second-order valence-electron chi connectivity index (χ2n) is 6.72. The van der Waals surface area contributed by atoms with E-state index in [-0.39, 0.29) is 17.0 Å². The van der Waals surface area contributed by atoms with Gasteiger partial charge in [0.05, 0.1) is 0 Å². The molecular formula is C16H27ClN2. The van der Waals surface area contributed by atoms with Crippen molar-refractivity contribution in [2.75, 3.05) is 13.6 Å². The van der Waals surface area contributed by atoms with Gasteiger partial charge in [0.2, 0.25) is 0 Å². The van der Waals surface area contributed by atoms with E-state index < -0.39 is 0 Å². The van der Waals surface area contributed by atoms with Crippen LogP contribution in [0.5, 0.6) is 0 Å². The fraction of sp³-hybridized carbons (Fsp3) is 0.625. The summed E-state index contributed by atoms with van der Waals surface area (Å²) in [5.74, 6) is 0. The molecule has 0 bridgehead atoms. The molecule has 0 radical (unpaired) electrons. The fourth-order valence-corrected chi connectivity index (χ4v) is 2.31. The molecule has 1 unspecified atom stereocenters. The first-order valence-electron chi connectivity index (χ1n) is 6.80. The monoisotopic (exact) mass is 282 g/mol. The predicted molar refractivity (Wildman–Crippen MR) is 84.5 cm³/mol. The molecule has 0 saturated heterocycles. The van der Waals surface area contributed by atoms with E-state index >= 15 is 0 Å². The van der Waals surface area contributed by atoms with E-state index in [1.54, 1.807) is 0 Å². The Morgan fingerprint density at radius 3 is 2.21 bits per heavy atom. The molecule has 0 aliphatic heterocycles. The second kappa shape index (κ2) is 5.82. The van der Waals surface area contributed by atoms with Gasteiger partial charge in [0.15, 0.2) is 0 Å². The van der Waals surface area contributed by atoms with Crippen LogP contribution in [0.4, 0.5) is 0 Å². The number of hydrogen-bond donors (Lipinski definition) is 1. The summed E-state index contributed by atoms with van der Waals surface area (Å²) in [6, 6.07) is 8.30. The average Bonchev–Trinajstić information content (AvgIpc) is 2.26. The first-order valence-corrected chi connectivity index (χ1v) is 7.17. The Bertz CT molecular complexity index is 421. The Morgan fingerprint density at radius 1 is 1.21 bits per heavy atom. The highest BCUT2D eigenvalue weighted by molar-refractivity contribution is 6.31. The molecule has 19 heavy (non-hydrogen) atoms. The lowest BCUT2D eigenvalue weighted by Gasteiger charge is -2.42. The van der Waals surface area contributed by atoms with Crippen molar-refractivity contribution in [1.82, 2.24) is 4.90 Å². The van der Waals surface area contributed by atoms with Gasteiger partial charge in [-0.3, -0.25) is 4.90 Å². The Labute approximate surface area is 122 Å². The summed E-state index contributed by atoms with van der Waals surface area (Å²) in [6.45, 7) is 11.7. The van der Waals surface area contributed by atoms with Crippen molar-refractivity contribution in [3.05, 3.63) is 34.9 Å². The number of halogens is 1. The van der Waals surface area contributed by atoms with Gasteiger partial charge in [-0.1, -0.05) is 43.6 Å². The second-order valence-corrected chi connectivity index (χ2v) is 7.13. The standard InChI is InChI=1S/C16H27ClN2/c1-12(13-9-7-8-10-14(13)17)19(6)11-15(2,3)16(4,5)18/h7-10,12H,11,18H2,1-6H3. The van der Waals surface area contributed by atoms with E-state index in [4.69, 9.17) is 17.3 Å². The lowest BCUT2D eigenvalue weighted by Crippen LogP contribution is -2.52. The molecule has 0 spiro atoms. The van der Waals surface area contributed by atoms with Crippen LogP contribution < -0.4 is 5.73 Å². The van der Waals surface area contributed by atoms with Crippen LogP contribution in [0.15, 0.2) is 24.3 Å². The van der Waals surface area contributed by atoms with Crippen LogP contribution in [0.25, 0.3) is 0 Å². The van der Waals surface area contributed by atoms with E-state index in [1.807, 2.05) is 18.2 Å². The molecule has 2 nitrogen and oxygen atoms in total. The minimum Gasteiger partial charge on any atom is -0.325 e. The number of rotatable bonds is 5. The zero-order valence-electron chi connectivity index (χ0n) is 13.0. The molecule has 1 aromatic rings. The fourth-order valence-electron chi connectivity index (χ4n) is 2.02. The number of nitrogens with two attached hydrogens (primary N) is 1. The largest absolute Gasteiger partial charge is 0.325 e. The van der Waals surface area contributed by atoms with Crippen LogP contribution in [0, 0.1) is 5.41 Å². The predicted octanol–water partition coefficient (Wildman–Crippen LogP) is 4.10. The van der Waals surface area contributed by atoms with E-state index in [1.165, 1.54) is 0 Å². The van der Waals surface area contributed by atoms with Gasteiger partial charge in [-0.2, -0.15) is 0 Å². The van der Waals surface area contributed by atoms with Crippen LogP contribution >= 0.6 is 11.6 Å². The van der Waals surface area contributed by atoms with E-state index in [0.717, 1.165) is 17.1 Å². The third kappa shape index (κ3) is 3.95. The molecule has 1 rings (SSSR count). The highest BCUT2D eigenvalue weighted by Crippen LogP contribution is 2.33. The van der Waals surface area contributed by atoms with Crippen molar-refractivity contribution >= 4 is 11.6 Å². The van der Waals surface area contributed by atoms with Gasteiger partial charge in [-0.05, 0) is 44.9 Å². The van der Waals surface area contributed by atoms with Crippen LogP contribution in [-0.2, 0) is 0 Å². The zero-order valence-corrected chi connectivity index (χ0v) is 13.8. The summed E-state index contributed by atoms with van der Waals surface area (Å²) < 4.78 is 0. The molecule has 0 fully saturated rings. The van der Waals surface area contributed by atoms with Crippen molar-refractivity contribution in [2.45, 2.75) is 46.2 Å². The van der Waals surface area contributed by atoms with Gasteiger partial charge in [-0.25, -0.2) is 0 Å². The van der Waals surface area contributed by atoms with Crippen LogP contribution in [0.1, 0.15) is 46.2 Å². The normalized spacial score (nSPS) is 14.8. The molecular weight excluding hydrogens is 256 g/mol. The lowest BCUT2D eigenvalue weighted by molar-refractivity contribution is 0.108. The highest BCUT2D eigenvalue weighted by Gasteiger charge is 2.35. The molecule has 0 aliphatic carbocycles. The Morgan fingerprint density at radius 2 is 1.74 bits per heavy atom. The van der Waals surface area contributed by atoms with E-state index in [2.05, 4.69) is 52.6 Å². The molecule has 2 N–H and O–H groups in total. The molecule has 0 aromatic heterocycles. The lowest BCUT2D eigenvalue weighted by atomic mass is 9.74. The maximum absolute atomic E-state index is 6.28. The summed E-state index contributed by atoms with van der Waals surface area (Å²) in [5, 5.41) is 0.826. The quantitative estimate of drug-likeness (QED) is 0.881. The van der Waals surface area contributed by atoms with Crippen molar-refractivity contribution in [2.24, 2.45) is 11.1 Å². The van der Waals surface area contributed by atoms with Crippen LogP contribution in [-0.4, -0.2) is 24.0 Å². The Kier molecular flexibility index (Phi) is 5.05. The Hall–Kier alpha value is -0.570. The molecule has 108 valence electrons. The van der Waals surface area contributed by atoms with Gasteiger partial charge in [0.1, 0.15) is 0 Å². The molecule has 1 atom stereocenters. The third-order valence-corrected chi connectivity index (χ3v) is 4.75. The van der Waals surface area contributed by atoms with Crippen molar-refractivity contribution in [1.29, 1.82) is 0 Å². The van der Waals surface area contributed by atoms with Gasteiger partial charge >= 0.3 is 0 Å². The SMILES string of the molecule is CC(c1ccccc1Cl)N(C)CC(C)(C)C(C)(C)N. The highest BCUT2D eigenvalue weighted by atomic mass is 35.5. The molecule has 0 heterocycles. The van der Waals surface area contributed by atoms with Crippen molar-refractivity contribution < 1.29 is 0 Å². The number of benzene rings is 1. The summed E-state index contributed by atoms with van der Waals surface area (Å²) >= 11 is 6.27. The summed E-state index contributed by atoms with van der Waals surface area (Å²) in [6.07, 6.45) is 0. The Balaban J connectivity index is 2.85. The van der Waals surface area contributed by atoms with E-state index in [0.29, 0.717) is 0 Å². The van der Waals surface area contributed by atoms with Crippen LogP contribution in [0.2, 0.25) is 5.02 Å². The van der Waals surface area contributed by atoms with Crippen molar-refractivity contribution in [3.8, 4) is 0 Å². The van der Waals surface area contributed by atoms with Gasteiger partial charge < -0.3 is 5.73 Å². The zero-order chi connectivity index (χ0) is 14.8. The molecule has 1 aromatic carbocycles. The van der Waals surface area contributed by atoms with Crippen LogP contribution in [0.3, 0.4) is 0 Å². The van der Waals surface area contributed by atoms with E-state index in [9.17, 15) is 0 Å². The maximum Gasteiger partial charge on any atom is 0.0453 e. The molecule has 3 heteroatoms. The molecule has 0 amide bonds. The number of nitrogens with zero attached hydrogens (tertiary/aromatic N) is 1. The molecule has 0 aliphatic rings. The minimum absolute atomic E-state index is 0.0251. The summed E-state index contributed by atoms with van der Waals surface area (Å²) in [5.41, 5.74) is 7.25. The first-order chi connectivity index (χ1) is 8.56. The third-order valence-electron chi connectivity index (χ3n) is 4.41. The molecule has 0 saturated carbocycles. The van der Waals surface area contributed by atoms with Crippen molar-refractivity contribution in [3.63, 3.8) is 0 Å².